The lowest BCUT2D eigenvalue weighted by Gasteiger charge is -2.30. The Labute approximate surface area is 102 Å². The fourth-order valence-electron chi connectivity index (χ4n) is 1.71. The summed E-state index contributed by atoms with van der Waals surface area (Å²) in [5.41, 5.74) is -0.205. The third kappa shape index (κ3) is 3.56. The second-order valence-electron chi connectivity index (χ2n) is 5.37. The van der Waals surface area contributed by atoms with Crippen LogP contribution in [0.25, 0.3) is 0 Å². The van der Waals surface area contributed by atoms with Gasteiger partial charge in [0.25, 0.3) is 0 Å². The number of hydrogen-bond acceptors (Lipinski definition) is 2. The smallest absolute Gasteiger partial charge is 0.239 e. The molecule has 88 valence electrons. The molecule has 4 heteroatoms. The summed E-state index contributed by atoms with van der Waals surface area (Å²) < 4.78 is -0.0864. The number of hydrogen-bond donors (Lipinski definition) is 1. The van der Waals surface area contributed by atoms with E-state index >= 15 is 0 Å². The molecule has 1 amide bonds. The highest BCUT2D eigenvalue weighted by molar-refractivity contribution is 8.01. The number of halogens is 1. The van der Waals surface area contributed by atoms with Crippen molar-refractivity contribution < 1.29 is 4.79 Å². The second kappa shape index (κ2) is 4.54. The molecule has 1 saturated heterocycles. The van der Waals surface area contributed by atoms with Crippen molar-refractivity contribution in [3.05, 3.63) is 0 Å². The Bertz CT molecular complexity index is 243. The van der Waals surface area contributed by atoms with Gasteiger partial charge in [0, 0.05) is 10.3 Å². The van der Waals surface area contributed by atoms with E-state index in [1.807, 2.05) is 32.5 Å². The van der Waals surface area contributed by atoms with E-state index in [2.05, 4.69) is 12.2 Å². The predicted octanol–water partition coefficient (Wildman–Crippen LogP) is 2.79. The molecule has 1 N–H and O–H groups in total. The fraction of sp³-hybridized carbons (Fsp3) is 0.909. The topological polar surface area (TPSA) is 29.1 Å². The lowest BCUT2D eigenvalue weighted by molar-refractivity contribution is -0.122. The summed E-state index contributed by atoms with van der Waals surface area (Å²) in [5.74, 6) is 1.07. The van der Waals surface area contributed by atoms with Crippen LogP contribution in [0.2, 0.25) is 0 Å². The maximum absolute atomic E-state index is 11.9. The number of alkyl halides is 1. The number of thioether (sulfide) groups is 1. The SMILES string of the molecule is CC(C)(C)NC(=O)C(Cl)C1(C)CCCS1. The summed E-state index contributed by atoms with van der Waals surface area (Å²) in [4.78, 5) is 11.9. The van der Waals surface area contributed by atoms with Gasteiger partial charge in [-0.3, -0.25) is 4.79 Å². The molecule has 0 aromatic rings. The van der Waals surface area contributed by atoms with Gasteiger partial charge in [0.05, 0.1) is 0 Å². The van der Waals surface area contributed by atoms with Crippen molar-refractivity contribution in [1.29, 1.82) is 0 Å². The van der Waals surface area contributed by atoms with Crippen LogP contribution in [0.5, 0.6) is 0 Å². The highest BCUT2D eigenvalue weighted by atomic mass is 35.5. The number of rotatable bonds is 2. The van der Waals surface area contributed by atoms with Crippen LogP contribution in [-0.4, -0.2) is 27.3 Å². The molecule has 2 atom stereocenters. The van der Waals surface area contributed by atoms with Gasteiger partial charge in [0.2, 0.25) is 5.91 Å². The lowest BCUT2D eigenvalue weighted by Crippen LogP contribution is -2.49. The van der Waals surface area contributed by atoms with Gasteiger partial charge >= 0.3 is 0 Å². The lowest BCUT2D eigenvalue weighted by atomic mass is 9.99. The highest BCUT2D eigenvalue weighted by Crippen LogP contribution is 2.42. The van der Waals surface area contributed by atoms with Crippen molar-refractivity contribution in [3.8, 4) is 0 Å². The summed E-state index contributed by atoms with van der Waals surface area (Å²) in [5, 5.41) is 2.51. The standard InChI is InChI=1S/C11H20ClNOS/c1-10(2,3)13-9(14)8(12)11(4)6-5-7-15-11/h8H,5-7H2,1-4H3,(H,13,14). The van der Waals surface area contributed by atoms with Crippen LogP contribution in [0.15, 0.2) is 0 Å². The molecule has 2 nitrogen and oxygen atoms in total. The normalized spacial score (nSPS) is 28.9. The van der Waals surface area contributed by atoms with Crippen LogP contribution in [0.4, 0.5) is 0 Å². The van der Waals surface area contributed by atoms with E-state index in [1.165, 1.54) is 0 Å². The zero-order valence-corrected chi connectivity index (χ0v) is 11.5. The molecule has 1 aliphatic rings. The maximum Gasteiger partial charge on any atom is 0.239 e. The van der Waals surface area contributed by atoms with Gasteiger partial charge in [-0.1, -0.05) is 0 Å². The number of carbonyl (C=O) groups is 1. The fourth-order valence-corrected chi connectivity index (χ4v) is 3.36. The maximum atomic E-state index is 11.9. The summed E-state index contributed by atoms with van der Waals surface area (Å²) >= 11 is 8.07. The molecule has 0 aliphatic carbocycles. The Morgan fingerprint density at radius 3 is 2.53 bits per heavy atom. The Hall–Kier alpha value is 0.110. The third-order valence-electron chi connectivity index (χ3n) is 2.51. The van der Waals surface area contributed by atoms with Crippen molar-refractivity contribution in [3.63, 3.8) is 0 Å². The molecular weight excluding hydrogens is 230 g/mol. The van der Waals surface area contributed by atoms with E-state index in [4.69, 9.17) is 11.6 Å². The Balaban J connectivity index is 2.60. The Morgan fingerprint density at radius 1 is 1.53 bits per heavy atom. The Kier molecular flexibility index (Phi) is 3.99. The molecule has 0 bridgehead atoms. The first kappa shape index (κ1) is 13.2. The van der Waals surface area contributed by atoms with Crippen molar-refractivity contribution in [2.45, 2.75) is 56.2 Å². The molecular formula is C11H20ClNOS. The average Bonchev–Trinajstić information content (AvgIpc) is 2.49. The zero-order valence-electron chi connectivity index (χ0n) is 9.89. The molecule has 1 heterocycles. The minimum absolute atomic E-state index is 0.0407. The van der Waals surface area contributed by atoms with E-state index in [9.17, 15) is 4.79 Å². The van der Waals surface area contributed by atoms with Crippen LogP contribution in [0, 0.1) is 0 Å². The first-order valence-electron chi connectivity index (χ1n) is 5.35. The van der Waals surface area contributed by atoms with E-state index in [1.54, 1.807) is 0 Å². The monoisotopic (exact) mass is 249 g/mol. The van der Waals surface area contributed by atoms with Gasteiger partial charge in [0.1, 0.15) is 5.38 Å². The van der Waals surface area contributed by atoms with Crippen LogP contribution in [0.3, 0.4) is 0 Å². The summed E-state index contributed by atoms with van der Waals surface area (Å²) in [6.45, 7) is 8.00. The van der Waals surface area contributed by atoms with Crippen LogP contribution in [-0.2, 0) is 4.79 Å². The molecule has 1 rings (SSSR count). The van der Waals surface area contributed by atoms with E-state index in [0.717, 1.165) is 18.6 Å². The van der Waals surface area contributed by atoms with Crippen molar-refractivity contribution in [2.24, 2.45) is 0 Å². The minimum atomic E-state index is -0.427. The van der Waals surface area contributed by atoms with Crippen LogP contribution in [0.1, 0.15) is 40.5 Å². The van der Waals surface area contributed by atoms with Gasteiger partial charge in [-0.25, -0.2) is 0 Å². The third-order valence-corrected chi connectivity index (χ3v) is 4.92. The number of carbonyl (C=O) groups excluding carboxylic acids is 1. The first-order valence-corrected chi connectivity index (χ1v) is 6.77. The van der Waals surface area contributed by atoms with Gasteiger partial charge < -0.3 is 5.32 Å². The Morgan fingerprint density at radius 2 is 2.13 bits per heavy atom. The van der Waals surface area contributed by atoms with Crippen LogP contribution >= 0.6 is 23.4 Å². The summed E-state index contributed by atoms with van der Waals surface area (Å²) in [6.07, 6.45) is 2.19. The minimum Gasteiger partial charge on any atom is -0.350 e. The van der Waals surface area contributed by atoms with Gasteiger partial charge in [-0.05, 0) is 46.3 Å². The molecule has 0 saturated carbocycles. The zero-order chi connectivity index (χ0) is 11.7. The van der Waals surface area contributed by atoms with Gasteiger partial charge in [0.15, 0.2) is 0 Å². The quantitative estimate of drug-likeness (QED) is 0.763. The molecule has 0 aromatic heterocycles. The summed E-state index contributed by atoms with van der Waals surface area (Å²) in [7, 11) is 0. The number of amides is 1. The highest BCUT2D eigenvalue weighted by Gasteiger charge is 2.41. The van der Waals surface area contributed by atoms with E-state index in [-0.39, 0.29) is 16.2 Å². The molecule has 2 unspecified atom stereocenters. The second-order valence-corrected chi connectivity index (χ2v) is 7.43. The molecule has 0 radical (unpaired) electrons. The van der Waals surface area contributed by atoms with E-state index < -0.39 is 5.38 Å². The molecule has 1 fully saturated rings. The van der Waals surface area contributed by atoms with E-state index in [0.29, 0.717) is 0 Å². The van der Waals surface area contributed by atoms with Crippen molar-refractivity contribution in [2.75, 3.05) is 5.75 Å². The van der Waals surface area contributed by atoms with Crippen molar-refractivity contribution in [1.82, 2.24) is 5.32 Å². The molecule has 15 heavy (non-hydrogen) atoms. The first-order chi connectivity index (χ1) is 6.75. The van der Waals surface area contributed by atoms with Crippen molar-refractivity contribution >= 4 is 29.3 Å². The van der Waals surface area contributed by atoms with Gasteiger partial charge in [-0.2, -0.15) is 11.8 Å². The molecule has 0 spiro atoms. The predicted molar refractivity (Wildman–Crippen MR) is 67.6 cm³/mol. The summed E-state index contributed by atoms with van der Waals surface area (Å²) in [6, 6.07) is 0. The largest absolute Gasteiger partial charge is 0.350 e. The molecule has 1 aliphatic heterocycles. The van der Waals surface area contributed by atoms with Gasteiger partial charge in [-0.15, -0.1) is 11.6 Å². The molecule has 0 aromatic carbocycles. The van der Waals surface area contributed by atoms with Crippen LogP contribution < -0.4 is 5.32 Å². The average molecular weight is 250 g/mol. The number of nitrogens with one attached hydrogen (secondary N) is 1.